The fourth-order valence-corrected chi connectivity index (χ4v) is 2.99. The van der Waals surface area contributed by atoms with Gasteiger partial charge in [-0.2, -0.15) is 0 Å². The number of piperidine rings is 1. The molecule has 2 aliphatic rings. The fourth-order valence-electron chi connectivity index (χ4n) is 2.99. The zero-order valence-corrected chi connectivity index (χ0v) is 11.7. The molecule has 0 radical (unpaired) electrons. The first-order chi connectivity index (χ1) is 8.58. The molecular weight excluding hydrogens is 224 g/mol. The summed E-state index contributed by atoms with van der Waals surface area (Å²) in [4.78, 5) is 11.5. The van der Waals surface area contributed by atoms with Crippen LogP contribution in [0.5, 0.6) is 0 Å². The molecule has 1 saturated heterocycles. The van der Waals surface area contributed by atoms with E-state index in [1.54, 1.807) is 0 Å². The maximum absolute atomic E-state index is 11.5. The lowest BCUT2D eigenvalue weighted by Crippen LogP contribution is -2.62. The van der Waals surface area contributed by atoms with E-state index in [0.29, 0.717) is 18.5 Å². The molecule has 1 fully saturated rings. The summed E-state index contributed by atoms with van der Waals surface area (Å²) in [5.41, 5.74) is -0.133. The third-order valence-corrected chi connectivity index (χ3v) is 4.16. The van der Waals surface area contributed by atoms with E-state index in [2.05, 4.69) is 36.6 Å². The van der Waals surface area contributed by atoms with Crippen LogP contribution >= 0.6 is 0 Å². The van der Waals surface area contributed by atoms with Gasteiger partial charge in [0, 0.05) is 24.0 Å². The van der Waals surface area contributed by atoms with Gasteiger partial charge in [0.05, 0.1) is 0 Å². The Bertz CT molecular complexity index is 322. The van der Waals surface area contributed by atoms with Crippen molar-refractivity contribution in [3.05, 3.63) is 12.2 Å². The van der Waals surface area contributed by atoms with E-state index in [9.17, 15) is 4.79 Å². The molecule has 1 amide bonds. The van der Waals surface area contributed by atoms with E-state index in [4.69, 9.17) is 0 Å². The summed E-state index contributed by atoms with van der Waals surface area (Å²) in [6.45, 7) is 4.24. The molecule has 102 valence electrons. The van der Waals surface area contributed by atoms with Crippen molar-refractivity contribution in [2.45, 2.75) is 76.4 Å². The second kappa shape index (κ2) is 5.87. The van der Waals surface area contributed by atoms with Gasteiger partial charge >= 0.3 is 0 Å². The van der Waals surface area contributed by atoms with E-state index in [0.717, 1.165) is 6.42 Å². The maximum atomic E-state index is 11.5. The standard InChI is InChI=1S/C15H26N2O/c1-15(2)13(10-11-14(18)17-15)16-12-8-6-4-3-5-7-9-12/h6,8,12-13,16H,3-5,7,9-11H2,1-2H3,(H,17,18). The molecule has 0 bridgehead atoms. The number of hydrogen-bond acceptors (Lipinski definition) is 2. The molecule has 3 heteroatoms. The number of amides is 1. The summed E-state index contributed by atoms with van der Waals surface area (Å²) in [7, 11) is 0. The van der Waals surface area contributed by atoms with E-state index in [1.807, 2.05) is 0 Å². The summed E-state index contributed by atoms with van der Waals surface area (Å²) >= 11 is 0. The van der Waals surface area contributed by atoms with Crippen molar-refractivity contribution in [1.82, 2.24) is 10.6 Å². The van der Waals surface area contributed by atoms with Crippen LogP contribution < -0.4 is 10.6 Å². The molecule has 0 saturated carbocycles. The van der Waals surface area contributed by atoms with Gasteiger partial charge in [0.1, 0.15) is 0 Å². The number of hydrogen-bond donors (Lipinski definition) is 2. The number of rotatable bonds is 2. The summed E-state index contributed by atoms with van der Waals surface area (Å²) in [5.74, 6) is 0.186. The smallest absolute Gasteiger partial charge is 0.220 e. The first-order valence-electron chi connectivity index (χ1n) is 7.32. The minimum absolute atomic E-state index is 0.133. The molecule has 0 aromatic rings. The SMILES string of the molecule is CC1(C)NC(=O)CCC1NC1C=CCCCCC1. The van der Waals surface area contributed by atoms with Gasteiger partial charge in [0.2, 0.25) is 5.91 Å². The van der Waals surface area contributed by atoms with Crippen molar-refractivity contribution in [2.75, 3.05) is 0 Å². The van der Waals surface area contributed by atoms with Gasteiger partial charge in [-0.3, -0.25) is 4.79 Å². The van der Waals surface area contributed by atoms with E-state index < -0.39 is 0 Å². The van der Waals surface area contributed by atoms with Gasteiger partial charge in [-0.1, -0.05) is 25.0 Å². The highest BCUT2D eigenvalue weighted by atomic mass is 16.1. The van der Waals surface area contributed by atoms with Crippen LogP contribution in [-0.4, -0.2) is 23.5 Å². The molecule has 3 nitrogen and oxygen atoms in total. The van der Waals surface area contributed by atoms with E-state index in [-0.39, 0.29) is 11.4 Å². The predicted octanol–water partition coefficient (Wildman–Crippen LogP) is 2.52. The Morgan fingerprint density at radius 3 is 2.89 bits per heavy atom. The van der Waals surface area contributed by atoms with Gasteiger partial charge in [-0.15, -0.1) is 0 Å². The quantitative estimate of drug-likeness (QED) is 0.739. The number of carbonyl (C=O) groups is 1. The summed E-state index contributed by atoms with van der Waals surface area (Å²) < 4.78 is 0. The van der Waals surface area contributed by atoms with Gasteiger partial charge in [-0.05, 0) is 39.5 Å². The molecule has 2 rings (SSSR count). The Balaban J connectivity index is 1.94. The van der Waals surface area contributed by atoms with Gasteiger partial charge < -0.3 is 10.6 Å². The molecule has 0 spiro atoms. The highest BCUT2D eigenvalue weighted by molar-refractivity contribution is 5.77. The Kier molecular flexibility index (Phi) is 4.44. The third kappa shape index (κ3) is 3.58. The molecule has 18 heavy (non-hydrogen) atoms. The van der Waals surface area contributed by atoms with Gasteiger partial charge in [0.15, 0.2) is 0 Å². The van der Waals surface area contributed by atoms with Crippen molar-refractivity contribution < 1.29 is 4.79 Å². The number of carbonyl (C=O) groups excluding carboxylic acids is 1. The first kappa shape index (κ1) is 13.6. The van der Waals surface area contributed by atoms with Crippen LogP contribution in [0, 0.1) is 0 Å². The van der Waals surface area contributed by atoms with E-state index >= 15 is 0 Å². The van der Waals surface area contributed by atoms with Gasteiger partial charge in [-0.25, -0.2) is 0 Å². The minimum atomic E-state index is -0.133. The molecule has 2 atom stereocenters. The Labute approximate surface area is 110 Å². The zero-order valence-electron chi connectivity index (χ0n) is 11.7. The summed E-state index contributed by atoms with van der Waals surface area (Å²) in [5, 5.41) is 6.83. The highest BCUT2D eigenvalue weighted by Crippen LogP contribution is 2.22. The average Bonchev–Trinajstić information content (AvgIpc) is 2.24. The first-order valence-corrected chi connectivity index (χ1v) is 7.32. The van der Waals surface area contributed by atoms with E-state index in [1.165, 1.54) is 32.1 Å². The largest absolute Gasteiger partial charge is 0.350 e. The maximum Gasteiger partial charge on any atom is 0.220 e. The Hall–Kier alpha value is -0.830. The van der Waals surface area contributed by atoms with Crippen molar-refractivity contribution in [1.29, 1.82) is 0 Å². The molecule has 1 aliphatic heterocycles. The third-order valence-electron chi connectivity index (χ3n) is 4.16. The monoisotopic (exact) mass is 250 g/mol. The van der Waals surface area contributed by atoms with Crippen LogP contribution in [0.2, 0.25) is 0 Å². The molecular formula is C15H26N2O. The second-order valence-corrected chi connectivity index (χ2v) is 6.20. The van der Waals surface area contributed by atoms with Crippen LogP contribution in [0.1, 0.15) is 58.8 Å². The van der Waals surface area contributed by atoms with Crippen LogP contribution in [0.25, 0.3) is 0 Å². The second-order valence-electron chi connectivity index (χ2n) is 6.20. The van der Waals surface area contributed by atoms with Crippen molar-refractivity contribution in [3.8, 4) is 0 Å². The molecule has 2 unspecified atom stereocenters. The van der Waals surface area contributed by atoms with Crippen molar-refractivity contribution in [2.24, 2.45) is 0 Å². The molecule has 1 aliphatic carbocycles. The summed E-state index contributed by atoms with van der Waals surface area (Å²) in [6.07, 6.45) is 12.6. The lowest BCUT2D eigenvalue weighted by Gasteiger charge is -2.41. The zero-order chi connectivity index (χ0) is 13.0. The molecule has 1 heterocycles. The number of nitrogens with one attached hydrogen (secondary N) is 2. The molecule has 2 N–H and O–H groups in total. The molecule has 0 aromatic carbocycles. The fraction of sp³-hybridized carbons (Fsp3) is 0.800. The van der Waals surface area contributed by atoms with Crippen LogP contribution in [0.4, 0.5) is 0 Å². The van der Waals surface area contributed by atoms with Crippen LogP contribution in [-0.2, 0) is 4.79 Å². The summed E-state index contributed by atoms with van der Waals surface area (Å²) in [6, 6.07) is 0.855. The Morgan fingerprint density at radius 1 is 1.28 bits per heavy atom. The van der Waals surface area contributed by atoms with Gasteiger partial charge in [0.25, 0.3) is 0 Å². The molecule has 0 aromatic heterocycles. The van der Waals surface area contributed by atoms with Crippen molar-refractivity contribution >= 4 is 5.91 Å². The predicted molar refractivity (Wildman–Crippen MR) is 74.4 cm³/mol. The normalized spacial score (nSPS) is 32.4. The topological polar surface area (TPSA) is 41.1 Å². The van der Waals surface area contributed by atoms with Crippen LogP contribution in [0.3, 0.4) is 0 Å². The Morgan fingerprint density at radius 2 is 2.11 bits per heavy atom. The minimum Gasteiger partial charge on any atom is -0.350 e. The average molecular weight is 250 g/mol. The van der Waals surface area contributed by atoms with Crippen LogP contribution in [0.15, 0.2) is 12.2 Å². The lowest BCUT2D eigenvalue weighted by molar-refractivity contribution is -0.125. The lowest BCUT2D eigenvalue weighted by atomic mass is 9.86. The highest BCUT2D eigenvalue weighted by Gasteiger charge is 2.35. The van der Waals surface area contributed by atoms with Crippen molar-refractivity contribution in [3.63, 3.8) is 0 Å². The number of allylic oxidation sites excluding steroid dienone is 1.